The maximum absolute atomic E-state index is 12.1. The van der Waals surface area contributed by atoms with Crippen molar-refractivity contribution in [2.45, 2.75) is 38.3 Å². The van der Waals surface area contributed by atoms with E-state index >= 15 is 0 Å². The fourth-order valence-corrected chi connectivity index (χ4v) is 2.60. The van der Waals surface area contributed by atoms with E-state index in [9.17, 15) is 9.59 Å². The van der Waals surface area contributed by atoms with Gasteiger partial charge in [-0.2, -0.15) is 0 Å². The summed E-state index contributed by atoms with van der Waals surface area (Å²) in [7, 11) is 0. The molecule has 1 aromatic rings. The van der Waals surface area contributed by atoms with Crippen molar-refractivity contribution < 1.29 is 9.59 Å². The van der Waals surface area contributed by atoms with Crippen LogP contribution >= 0.6 is 0 Å². The van der Waals surface area contributed by atoms with Gasteiger partial charge < -0.3 is 10.2 Å². The van der Waals surface area contributed by atoms with Gasteiger partial charge in [-0.05, 0) is 30.0 Å². The zero-order chi connectivity index (χ0) is 14.1. The van der Waals surface area contributed by atoms with Crippen LogP contribution in [-0.4, -0.2) is 22.8 Å². The number of rotatable bonds is 3. The molecule has 1 heterocycles. The molecule has 1 N–H and O–H groups in total. The van der Waals surface area contributed by atoms with Crippen molar-refractivity contribution in [3.63, 3.8) is 0 Å². The second-order valence-corrected chi connectivity index (χ2v) is 5.43. The first kappa shape index (κ1) is 12.9. The molecule has 1 saturated carbocycles. The molecule has 2 aliphatic rings. The van der Waals surface area contributed by atoms with Crippen LogP contribution in [0.5, 0.6) is 0 Å². The van der Waals surface area contributed by atoms with Crippen molar-refractivity contribution in [2.24, 2.45) is 0 Å². The first-order chi connectivity index (χ1) is 9.65. The van der Waals surface area contributed by atoms with Gasteiger partial charge in [0.15, 0.2) is 0 Å². The fraction of sp³-hybridized carbons (Fsp3) is 0.375. The maximum Gasteiger partial charge on any atom is 0.223 e. The number of nitrogens with one attached hydrogen (secondary N) is 1. The molecule has 0 spiro atoms. The van der Waals surface area contributed by atoms with E-state index in [1.165, 1.54) is 6.92 Å². The Morgan fingerprint density at radius 2 is 2.05 bits per heavy atom. The number of carbonyl (C=O) groups excluding carboxylic acids is 2. The molecule has 1 fully saturated rings. The summed E-state index contributed by atoms with van der Waals surface area (Å²) in [6.45, 7) is 1.53. The highest BCUT2D eigenvalue weighted by Gasteiger charge is 2.30. The lowest BCUT2D eigenvalue weighted by atomic mass is 9.93. The van der Waals surface area contributed by atoms with Crippen molar-refractivity contribution in [2.75, 3.05) is 0 Å². The molecule has 4 nitrogen and oxygen atoms in total. The summed E-state index contributed by atoms with van der Waals surface area (Å²) in [5.41, 5.74) is 2.12. The summed E-state index contributed by atoms with van der Waals surface area (Å²) in [5, 5.41) is 2.99. The van der Waals surface area contributed by atoms with Crippen LogP contribution in [0.25, 0.3) is 6.08 Å². The van der Waals surface area contributed by atoms with E-state index in [1.807, 2.05) is 30.3 Å². The van der Waals surface area contributed by atoms with Gasteiger partial charge in [-0.15, -0.1) is 0 Å². The van der Waals surface area contributed by atoms with Crippen LogP contribution in [0.1, 0.15) is 43.4 Å². The van der Waals surface area contributed by atoms with Crippen LogP contribution < -0.4 is 5.32 Å². The number of carbonyl (C=O) groups is 2. The monoisotopic (exact) mass is 270 g/mol. The Bertz CT molecular complexity index is 576. The van der Waals surface area contributed by atoms with Crippen LogP contribution in [0.15, 0.2) is 30.5 Å². The molecule has 3 rings (SSSR count). The summed E-state index contributed by atoms with van der Waals surface area (Å²) in [6, 6.07) is 8.06. The van der Waals surface area contributed by atoms with Gasteiger partial charge in [0.25, 0.3) is 0 Å². The molecule has 1 atom stereocenters. The van der Waals surface area contributed by atoms with E-state index in [2.05, 4.69) is 5.32 Å². The van der Waals surface area contributed by atoms with Crippen LogP contribution in [0, 0.1) is 0 Å². The summed E-state index contributed by atoms with van der Waals surface area (Å²) in [5.74, 6) is -0.0196. The SMILES string of the molecule is CC(=O)N1C=Cc2ccccc2[C@@H]1CC(=O)NC1CC1. The molecule has 2 amide bonds. The van der Waals surface area contributed by atoms with Crippen molar-refractivity contribution in [1.29, 1.82) is 0 Å². The molecular weight excluding hydrogens is 252 g/mol. The average molecular weight is 270 g/mol. The van der Waals surface area contributed by atoms with E-state index < -0.39 is 0 Å². The fourth-order valence-electron chi connectivity index (χ4n) is 2.60. The molecule has 0 aromatic heterocycles. The Kier molecular flexibility index (Phi) is 3.30. The number of nitrogens with zero attached hydrogens (tertiary/aromatic N) is 1. The van der Waals surface area contributed by atoms with E-state index in [1.54, 1.807) is 11.1 Å². The smallest absolute Gasteiger partial charge is 0.223 e. The van der Waals surface area contributed by atoms with Gasteiger partial charge in [-0.1, -0.05) is 24.3 Å². The minimum atomic E-state index is -0.201. The van der Waals surface area contributed by atoms with Gasteiger partial charge in [0.1, 0.15) is 0 Å². The molecule has 0 bridgehead atoms. The molecular formula is C16H18N2O2. The molecule has 1 aromatic carbocycles. The molecule has 20 heavy (non-hydrogen) atoms. The number of fused-ring (bicyclic) bond motifs is 1. The predicted molar refractivity (Wildman–Crippen MR) is 76.5 cm³/mol. The normalized spacial score (nSPS) is 20.4. The third-order valence-corrected chi connectivity index (χ3v) is 3.79. The third-order valence-electron chi connectivity index (χ3n) is 3.79. The quantitative estimate of drug-likeness (QED) is 0.915. The third kappa shape index (κ3) is 2.59. The zero-order valence-electron chi connectivity index (χ0n) is 11.5. The van der Waals surface area contributed by atoms with Gasteiger partial charge in [-0.3, -0.25) is 9.59 Å². The Morgan fingerprint density at radius 3 is 2.75 bits per heavy atom. The van der Waals surface area contributed by atoms with Crippen LogP contribution in [0.4, 0.5) is 0 Å². The standard InChI is InChI=1S/C16H18N2O2/c1-11(19)18-9-8-12-4-2-3-5-14(12)15(18)10-16(20)17-13-6-7-13/h2-5,8-9,13,15H,6-7,10H2,1H3,(H,17,20)/t15-/m0/s1. The highest BCUT2D eigenvalue weighted by atomic mass is 16.2. The minimum absolute atomic E-state index is 0.0221. The summed E-state index contributed by atoms with van der Waals surface area (Å²) >= 11 is 0. The second kappa shape index (κ2) is 5.12. The number of benzene rings is 1. The zero-order valence-corrected chi connectivity index (χ0v) is 11.5. The van der Waals surface area contributed by atoms with Crippen molar-refractivity contribution >= 4 is 17.9 Å². The van der Waals surface area contributed by atoms with Crippen molar-refractivity contribution in [1.82, 2.24) is 10.2 Å². The average Bonchev–Trinajstić information content (AvgIpc) is 3.22. The van der Waals surface area contributed by atoms with E-state index in [4.69, 9.17) is 0 Å². The van der Waals surface area contributed by atoms with Gasteiger partial charge in [0.05, 0.1) is 12.5 Å². The Hall–Kier alpha value is -2.10. The molecule has 0 unspecified atom stereocenters. The van der Waals surface area contributed by atoms with Crippen LogP contribution in [-0.2, 0) is 9.59 Å². The number of hydrogen-bond donors (Lipinski definition) is 1. The van der Waals surface area contributed by atoms with E-state index in [0.717, 1.165) is 24.0 Å². The molecule has 1 aliphatic carbocycles. The first-order valence-corrected chi connectivity index (χ1v) is 7.00. The predicted octanol–water partition coefficient (Wildman–Crippen LogP) is 2.23. The summed E-state index contributed by atoms with van der Waals surface area (Å²) < 4.78 is 0. The summed E-state index contributed by atoms with van der Waals surface area (Å²) in [4.78, 5) is 25.5. The van der Waals surface area contributed by atoms with Crippen LogP contribution in [0.2, 0.25) is 0 Å². The molecule has 4 heteroatoms. The lowest BCUT2D eigenvalue weighted by molar-refractivity contribution is -0.130. The van der Waals surface area contributed by atoms with E-state index in [0.29, 0.717) is 12.5 Å². The summed E-state index contributed by atoms with van der Waals surface area (Å²) in [6.07, 6.45) is 6.16. The van der Waals surface area contributed by atoms with E-state index in [-0.39, 0.29) is 17.9 Å². The minimum Gasteiger partial charge on any atom is -0.353 e. The molecule has 104 valence electrons. The highest BCUT2D eigenvalue weighted by molar-refractivity contribution is 5.82. The van der Waals surface area contributed by atoms with Gasteiger partial charge in [-0.25, -0.2) is 0 Å². The largest absolute Gasteiger partial charge is 0.353 e. The number of hydrogen-bond acceptors (Lipinski definition) is 2. The Labute approximate surface area is 118 Å². The van der Waals surface area contributed by atoms with Gasteiger partial charge in [0, 0.05) is 19.2 Å². The molecule has 0 radical (unpaired) electrons. The maximum atomic E-state index is 12.1. The Balaban J connectivity index is 1.84. The van der Waals surface area contributed by atoms with Crippen molar-refractivity contribution in [3.8, 4) is 0 Å². The number of amides is 2. The molecule has 0 saturated heterocycles. The van der Waals surface area contributed by atoms with Crippen LogP contribution in [0.3, 0.4) is 0 Å². The lowest BCUT2D eigenvalue weighted by Crippen LogP contribution is -2.35. The van der Waals surface area contributed by atoms with Gasteiger partial charge in [0.2, 0.25) is 11.8 Å². The Morgan fingerprint density at radius 1 is 1.30 bits per heavy atom. The lowest BCUT2D eigenvalue weighted by Gasteiger charge is -2.32. The van der Waals surface area contributed by atoms with Gasteiger partial charge >= 0.3 is 0 Å². The first-order valence-electron chi connectivity index (χ1n) is 7.00. The van der Waals surface area contributed by atoms with Crippen molar-refractivity contribution in [3.05, 3.63) is 41.6 Å². The highest BCUT2D eigenvalue weighted by Crippen LogP contribution is 2.33. The topological polar surface area (TPSA) is 49.4 Å². The molecule has 1 aliphatic heterocycles. The second-order valence-electron chi connectivity index (χ2n) is 5.43.